The number of fused-ring (bicyclic) bond motifs is 1. The molecule has 0 fully saturated rings. The standard InChI is InChI=1S/C11H8N2S/c1-7-3-2-4-8-5-9(6-12)11(14)13-10(7)8/h2-5H,1H3,(H,13,14). The van der Waals surface area contributed by atoms with Gasteiger partial charge >= 0.3 is 0 Å². The zero-order chi connectivity index (χ0) is 10.1. The van der Waals surface area contributed by atoms with Crippen molar-refractivity contribution in [1.82, 2.24) is 4.98 Å². The minimum absolute atomic E-state index is 0.509. The molecule has 0 spiro atoms. The maximum atomic E-state index is 8.81. The molecular weight excluding hydrogens is 192 g/mol. The molecule has 2 rings (SSSR count). The largest absolute Gasteiger partial charge is 0.345 e. The zero-order valence-electron chi connectivity index (χ0n) is 7.66. The number of nitrogens with zero attached hydrogens (tertiary/aromatic N) is 1. The van der Waals surface area contributed by atoms with E-state index in [1.807, 2.05) is 31.2 Å². The van der Waals surface area contributed by atoms with Crippen molar-refractivity contribution in [2.45, 2.75) is 6.92 Å². The molecule has 0 aliphatic heterocycles. The van der Waals surface area contributed by atoms with E-state index in [4.69, 9.17) is 17.5 Å². The lowest BCUT2D eigenvalue weighted by Crippen LogP contribution is -1.87. The minimum atomic E-state index is 0.509. The molecule has 1 aromatic heterocycles. The van der Waals surface area contributed by atoms with E-state index in [0.717, 1.165) is 16.5 Å². The van der Waals surface area contributed by atoms with E-state index in [2.05, 4.69) is 11.1 Å². The molecule has 0 amide bonds. The molecule has 0 saturated heterocycles. The summed E-state index contributed by atoms with van der Waals surface area (Å²) < 4.78 is 0.509. The van der Waals surface area contributed by atoms with Crippen molar-refractivity contribution in [2.75, 3.05) is 0 Å². The normalized spacial score (nSPS) is 10.0. The van der Waals surface area contributed by atoms with Crippen LogP contribution in [0, 0.1) is 22.9 Å². The van der Waals surface area contributed by atoms with Gasteiger partial charge in [0.2, 0.25) is 0 Å². The topological polar surface area (TPSA) is 39.6 Å². The number of aryl methyl sites for hydroxylation is 1. The second kappa shape index (κ2) is 3.24. The van der Waals surface area contributed by atoms with Gasteiger partial charge in [0.25, 0.3) is 0 Å². The second-order valence-corrected chi connectivity index (χ2v) is 3.57. The SMILES string of the molecule is Cc1cccc2cc(C#N)c(=S)[nH]c12. The van der Waals surface area contributed by atoms with Crippen molar-refractivity contribution in [3.63, 3.8) is 0 Å². The molecule has 0 bridgehead atoms. The molecular formula is C11H8N2S. The Labute approximate surface area is 86.8 Å². The number of rotatable bonds is 0. The highest BCUT2D eigenvalue weighted by atomic mass is 32.1. The molecule has 1 heterocycles. The molecule has 3 heteroatoms. The van der Waals surface area contributed by atoms with Crippen molar-refractivity contribution in [2.24, 2.45) is 0 Å². The first kappa shape index (κ1) is 8.92. The lowest BCUT2D eigenvalue weighted by atomic mass is 10.1. The predicted octanol–water partition coefficient (Wildman–Crippen LogP) is 3.08. The fourth-order valence-electron chi connectivity index (χ4n) is 1.47. The molecule has 0 aliphatic carbocycles. The number of nitriles is 1. The van der Waals surface area contributed by atoms with Crippen molar-refractivity contribution in [1.29, 1.82) is 5.26 Å². The summed E-state index contributed by atoms with van der Waals surface area (Å²) in [6, 6.07) is 9.84. The van der Waals surface area contributed by atoms with Crippen LogP contribution in [0.2, 0.25) is 0 Å². The van der Waals surface area contributed by atoms with Gasteiger partial charge < -0.3 is 4.98 Å². The van der Waals surface area contributed by atoms with Gasteiger partial charge in [0.15, 0.2) is 0 Å². The number of nitrogens with one attached hydrogen (secondary N) is 1. The number of aromatic nitrogens is 1. The van der Waals surface area contributed by atoms with Crippen molar-refractivity contribution < 1.29 is 0 Å². The summed E-state index contributed by atoms with van der Waals surface area (Å²) in [5.74, 6) is 0. The molecule has 0 aliphatic rings. The summed E-state index contributed by atoms with van der Waals surface area (Å²) in [7, 11) is 0. The van der Waals surface area contributed by atoms with Gasteiger partial charge in [0.1, 0.15) is 10.7 Å². The summed E-state index contributed by atoms with van der Waals surface area (Å²) in [5.41, 5.74) is 2.67. The maximum Gasteiger partial charge on any atom is 0.121 e. The Balaban J connectivity index is 2.95. The lowest BCUT2D eigenvalue weighted by molar-refractivity contribution is 1.31. The van der Waals surface area contributed by atoms with Crippen LogP contribution in [0.25, 0.3) is 10.9 Å². The van der Waals surface area contributed by atoms with E-state index in [1.54, 1.807) is 0 Å². The molecule has 14 heavy (non-hydrogen) atoms. The van der Waals surface area contributed by atoms with Gasteiger partial charge in [-0.1, -0.05) is 30.4 Å². The minimum Gasteiger partial charge on any atom is -0.345 e. The van der Waals surface area contributed by atoms with Gasteiger partial charge in [-0.25, -0.2) is 0 Å². The first-order valence-electron chi connectivity index (χ1n) is 4.25. The average molecular weight is 200 g/mol. The smallest absolute Gasteiger partial charge is 0.121 e. The third-order valence-electron chi connectivity index (χ3n) is 2.21. The highest BCUT2D eigenvalue weighted by molar-refractivity contribution is 7.71. The summed E-state index contributed by atoms with van der Waals surface area (Å²) >= 11 is 5.06. The zero-order valence-corrected chi connectivity index (χ0v) is 8.48. The van der Waals surface area contributed by atoms with Crippen molar-refractivity contribution in [3.8, 4) is 6.07 Å². The van der Waals surface area contributed by atoms with Crippen LogP contribution in [0.15, 0.2) is 24.3 Å². The summed E-state index contributed by atoms with van der Waals surface area (Å²) in [5, 5.41) is 9.83. The highest BCUT2D eigenvalue weighted by Crippen LogP contribution is 2.17. The van der Waals surface area contributed by atoms with Crippen LogP contribution < -0.4 is 0 Å². The van der Waals surface area contributed by atoms with Crippen LogP contribution in [-0.2, 0) is 0 Å². The monoisotopic (exact) mass is 200 g/mol. The predicted molar refractivity (Wildman–Crippen MR) is 58.6 cm³/mol. The number of H-pyrrole nitrogens is 1. The van der Waals surface area contributed by atoms with E-state index < -0.39 is 0 Å². The van der Waals surface area contributed by atoms with Crippen LogP contribution >= 0.6 is 12.2 Å². The van der Waals surface area contributed by atoms with Gasteiger partial charge in [-0.3, -0.25) is 0 Å². The molecule has 1 N–H and O–H groups in total. The summed E-state index contributed by atoms with van der Waals surface area (Å²) in [6.07, 6.45) is 0. The number of para-hydroxylation sites is 1. The Morgan fingerprint density at radius 1 is 1.43 bits per heavy atom. The van der Waals surface area contributed by atoms with Crippen molar-refractivity contribution in [3.05, 3.63) is 40.0 Å². The van der Waals surface area contributed by atoms with E-state index >= 15 is 0 Å². The molecule has 0 radical (unpaired) electrons. The Hall–Kier alpha value is -1.66. The Kier molecular flexibility index (Phi) is 2.06. The Bertz CT molecular complexity index is 590. The van der Waals surface area contributed by atoms with E-state index in [-0.39, 0.29) is 0 Å². The van der Waals surface area contributed by atoms with Crippen LogP contribution in [0.5, 0.6) is 0 Å². The molecule has 0 unspecified atom stereocenters. The first-order valence-corrected chi connectivity index (χ1v) is 4.66. The maximum absolute atomic E-state index is 8.81. The number of aromatic amines is 1. The summed E-state index contributed by atoms with van der Waals surface area (Å²) in [6.45, 7) is 2.01. The van der Waals surface area contributed by atoms with Crippen LogP contribution in [0.4, 0.5) is 0 Å². The lowest BCUT2D eigenvalue weighted by Gasteiger charge is -2.02. The van der Waals surface area contributed by atoms with Crippen LogP contribution in [0.3, 0.4) is 0 Å². The highest BCUT2D eigenvalue weighted by Gasteiger charge is 2.00. The average Bonchev–Trinajstić information content (AvgIpc) is 2.19. The summed E-state index contributed by atoms with van der Waals surface area (Å²) in [4.78, 5) is 3.07. The second-order valence-electron chi connectivity index (χ2n) is 3.16. The molecule has 0 atom stereocenters. The first-order chi connectivity index (χ1) is 6.72. The van der Waals surface area contributed by atoms with E-state index in [9.17, 15) is 0 Å². The molecule has 2 aromatic rings. The Morgan fingerprint density at radius 3 is 2.93 bits per heavy atom. The number of hydrogen-bond acceptors (Lipinski definition) is 2. The third-order valence-corrected chi connectivity index (χ3v) is 2.53. The fraction of sp³-hybridized carbons (Fsp3) is 0.0909. The fourth-order valence-corrected chi connectivity index (χ4v) is 1.67. The van der Waals surface area contributed by atoms with E-state index in [1.165, 1.54) is 0 Å². The Morgan fingerprint density at radius 2 is 2.21 bits per heavy atom. The molecule has 2 nitrogen and oxygen atoms in total. The van der Waals surface area contributed by atoms with Gasteiger partial charge in [-0.05, 0) is 23.9 Å². The van der Waals surface area contributed by atoms with Gasteiger partial charge in [0.05, 0.1) is 5.56 Å². The molecule has 68 valence electrons. The number of benzene rings is 1. The van der Waals surface area contributed by atoms with Gasteiger partial charge in [-0.15, -0.1) is 0 Å². The quantitative estimate of drug-likeness (QED) is 0.664. The van der Waals surface area contributed by atoms with Gasteiger partial charge in [-0.2, -0.15) is 5.26 Å². The number of pyridine rings is 1. The van der Waals surface area contributed by atoms with E-state index in [0.29, 0.717) is 10.2 Å². The van der Waals surface area contributed by atoms with Crippen LogP contribution in [-0.4, -0.2) is 4.98 Å². The van der Waals surface area contributed by atoms with Gasteiger partial charge in [0, 0.05) is 5.52 Å². The number of hydrogen-bond donors (Lipinski definition) is 1. The molecule has 1 aromatic carbocycles. The third kappa shape index (κ3) is 1.30. The van der Waals surface area contributed by atoms with Crippen LogP contribution in [0.1, 0.15) is 11.1 Å². The molecule has 0 saturated carbocycles. The van der Waals surface area contributed by atoms with Crippen molar-refractivity contribution >= 4 is 23.1 Å².